The Bertz CT molecular complexity index is 1320. The molecule has 0 spiro atoms. The first-order valence-electron chi connectivity index (χ1n) is 9.24. The lowest BCUT2D eigenvalue weighted by atomic mass is 10.2. The molecular weight excluding hydrogens is 480 g/mol. The summed E-state index contributed by atoms with van der Waals surface area (Å²) in [5.41, 5.74) is 1.03. The van der Waals surface area contributed by atoms with E-state index < -0.39 is 16.8 Å². The summed E-state index contributed by atoms with van der Waals surface area (Å²) in [5.74, 6) is -0.849. The lowest BCUT2D eigenvalue weighted by Crippen LogP contribution is -2.08. The number of non-ortho nitro benzene ring substituents is 1. The fourth-order valence-corrected chi connectivity index (χ4v) is 3.28. The van der Waals surface area contributed by atoms with Crippen molar-refractivity contribution in [1.82, 2.24) is 0 Å². The van der Waals surface area contributed by atoms with Gasteiger partial charge in [-0.25, -0.2) is 4.79 Å². The summed E-state index contributed by atoms with van der Waals surface area (Å²) in [6.45, 7) is 0. The van der Waals surface area contributed by atoms with E-state index in [1.54, 1.807) is 36.4 Å². The molecule has 4 rings (SSSR count). The minimum Gasteiger partial charge on any atom is -0.432 e. The number of halogens is 1. The van der Waals surface area contributed by atoms with Crippen LogP contribution in [0.1, 0.15) is 21.5 Å². The van der Waals surface area contributed by atoms with E-state index in [9.17, 15) is 19.7 Å². The van der Waals surface area contributed by atoms with E-state index in [1.165, 1.54) is 30.3 Å². The van der Waals surface area contributed by atoms with Crippen LogP contribution in [0.25, 0.3) is 6.08 Å². The number of nitro groups is 1. The van der Waals surface area contributed by atoms with E-state index in [0.717, 1.165) is 10.5 Å². The molecule has 0 aromatic heterocycles. The molecule has 9 heteroatoms. The minimum atomic E-state index is -0.744. The zero-order valence-electron chi connectivity index (χ0n) is 16.2. The summed E-state index contributed by atoms with van der Waals surface area (Å²) >= 11 is 3.36. The molecule has 3 aromatic carbocycles. The molecule has 0 N–H and O–H groups in total. The van der Waals surface area contributed by atoms with Gasteiger partial charge < -0.3 is 9.47 Å². The van der Waals surface area contributed by atoms with Crippen molar-refractivity contribution >= 4 is 45.5 Å². The largest absolute Gasteiger partial charge is 0.432 e. The summed E-state index contributed by atoms with van der Waals surface area (Å²) in [4.78, 5) is 38.9. The second-order valence-corrected chi connectivity index (χ2v) is 7.53. The van der Waals surface area contributed by atoms with Gasteiger partial charge in [0, 0.05) is 22.2 Å². The van der Waals surface area contributed by atoms with E-state index in [4.69, 9.17) is 9.47 Å². The molecule has 1 aliphatic rings. The van der Waals surface area contributed by atoms with Crippen molar-refractivity contribution < 1.29 is 24.0 Å². The Labute approximate surface area is 190 Å². The highest BCUT2D eigenvalue weighted by Gasteiger charge is 2.24. The van der Waals surface area contributed by atoms with Crippen molar-refractivity contribution in [2.75, 3.05) is 0 Å². The Morgan fingerprint density at radius 2 is 1.84 bits per heavy atom. The SMILES string of the molecule is O=C1N=C(c2cccc(Br)c2)O/C1=C/c1cccc(OC(=O)c2cccc([N+](=O)[O-])c2)c1. The highest BCUT2D eigenvalue weighted by molar-refractivity contribution is 9.10. The second kappa shape index (κ2) is 8.94. The molecule has 1 aliphatic heterocycles. The zero-order chi connectivity index (χ0) is 22.7. The van der Waals surface area contributed by atoms with E-state index in [1.807, 2.05) is 6.07 Å². The van der Waals surface area contributed by atoms with Crippen molar-refractivity contribution in [3.8, 4) is 5.75 Å². The first-order valence-corrected chi connectivity index (χ1v) is 10.0. The Kier molecular flexibility index (Phi) is 5.91. The molecule has 0 bridgehead atoms. The first-order chi connectivity index (χ1) is 15.4. The minimum absolute atomic E-state index is 0.0298. The maximum absolute atomic E-state index is 12.4. The highest BCUT2D eigenvalue weighted by atomic mass is 79.9. The predicted molar refractivity (Wildman–Crippen MR) is 119 cm³/mol. The number of aliphatic imine (C=N–C) groups is 1. The van der Waals surface area contributed by atoms with Gasteiger partial charge >= 0.3 is 11.9 Å². The molecule has 0 fully saturated rings. The van der Waals surface area contributed by atoms with Crippen molar-refractivity contribution in [2.24, 2.45) is 4.99 Å². The molecule has 158 valence electrons. The summed E-state index contributed by atoms with van der Waals surface area (Å²) in [6, 6.07) is 18.9. The molecule has 3 aromatic rings. The third kappa shape index (κ3) is 4.79. The van der Waals surface area contributed by atoms with Crippen LogP contribution in [0.3, 0.4) is 0 Å². The average Bonchev–Trinajstić information content (AvgIpc) is 3.14. The van der Waals surface area contributed by atoms with Crippen molar-refractivity contribution in [1.29, 1.82) is 0 Å². The first kappa shape index (κ1) is 21.1. The van der Waals surface area contributed by atoms with Crippen LogP contribution in [0.4, 0.5) is 5.69 Å². The number of carbonyl (C=O) groups is 2. The number of hydrogen-bond donors (Lipinski definition) is 0. The Morgan fingerprint density at radius 3 is 2.62 bits per heavy atom. The van der Waals surface area contributed by atoms with Crippen LogP contribution in [0.15, 0.2) is 88.0 Å². The van der Waals surface area contributed by atoms with Gasteiger partial charge in [0.25, 0.3) is 5.69 Å². The molecule has 0 unspecified atom stereocenters. The van der Waals surface area contributed by atoms with Gasteiger partial charge in [-0.1, -0.05) is 40.2 Å². The Morgan fingerprint density at radius 1 is 1.06 bits per heavy atom. The van der Waals surface area contributed by atoms with Crippen LogP contribution in [-0.2, 0) is 9.53 Å². The van der Waals surface area contributed by atoms with Crippen LogP contribution in [-0.4, -0.2) is 22.7 Å². The van der Waals surface area contributed by atoms with E-state index >= 15 is 0 Å². The molecule has 1 amide bonds. The van der Waals surface area contributed by atoms with Gasteiger partial charge in [-0.05, 0) is 48.0 Å². The monoisotopic (exact) mass is 492 g/mol. The quantitative estimate of drug-likeness (QED) is 0.164. The van der Waals surface area contributed by atoms with Gasteiger partial charge in [0.15, 0.2) is 5.76 Å². The fourth-order valence-electron chi connectivity index (χ4n) is 2.89. The van der Waals surface area contributed by atoms with Gasteiger partial charge in [-0.15, -0.1) is 0 Å². The summed E-state index contributed by atoms with van der Waals surface area (Å²) in [6.07, 6.45) is 1.49. The molecule has 32 heavy (non-hydrogen) atoms. The molecule has 0 aliphatic carbocycles. The predicted octanol–water partition coefficient (Wildman–Crippen LogP) is 4.92. The number of ether oxygens (including phenoxy) is 2. The Hall–Kier alpha value is -4.11. The molecule has 8 nitrogen and oxygen atoms in total. The summed E-state index contributed by atoms with van der Waals surface area (Å²) in [5, 5.41) is 10.9. The third-order valence-corrected chi connectivity index (χ3v) is 4.84. The van der Waals surface area contributed by atoms with Crippen molar-refractivity contribution in [2.45, 2.75) is 0 Å². The van der Waals surface area contributed by atoms with Crippen LogP contribution >= 0.6 is 15.9 Å². The van der Waals surface area contributed by atoms with E-state index in [2.05, 4.69) is 20.9 Å². The maximum atomic E-state index is 12.4. The standard InChI is InChI=1S/C23H13BrN2O6/c24-17-7-2-5-15(12-17)22-25-21(27)20(32-22)11-14-4-1-9-19(10-14)31-23(28)16-6-3-8-18(13-16)26(29)30/h1-13H/b20-11+. The number of amides is 1. The Balaban J connectivity index is 1.50. The van der Waals surface area contributed by atoms with Crippen molar-refractivity contribution in [3.63, 3.8) is 0 Å². The summed E-state index contributed by atoms with van der Waals surface area (Å²) < 4.78 is 11.8. The van der Waals surface area contributed by atoms with Crippen LogP contribution in [0.2, 0.25) is 0 Å². The van der Waals surface area contributed by atoms with E-state index in [-0.39, 0.29) is 28.7 Å². The number of nitro benzene ring substituents is 1. The number of hydrogen-bond acceptors (Lipinski definition) is 6. The van der Waals surface area contributed by atoms with Crippen LogP contribution in [0.5, 0.6) is 5.75 Å². The molecule has 0 atom stereocenters. The smallest absolute Gasteiger partial charge is 0.343 e. The number of benzene rings is 3. The van der Waals surface area contributed by atoms with E-state index in [0.29, 0.717) is 11.1 Å². The molecular formula is C23H13BrN2O6. The molecule has 1 heterocycles. The third-order valence-electron chi connectivity index (χ3n) is 4.35. The molecule has 0 saturated heterocycles. The second-order valence-electron chi connectivity index (χ2n) is 6.61. The zero-order valence-corrected chi connectivity index (χ0v) is 17.8. The number of esters is 1. The molecule has 0 radical (unpaired) electrons. The van der Waals surface area contributed by atoms with Gasteiger partial charge in [-0.2, -0.15) is 4.99 Å². The van der Waals surface area contributed by atoms with Crippen molar-refractivity contribution in [3.05, 3.63) is 110 Å². The normalized spacial score (nSPS) is 14.1. The maximum Gasteiger partial charge on any atom is 0.343 e. The fraction of sp³-hybridized carbons (Fsp3) is 0. The molecule has 0 saturated carbocycles. The van der Waals surface area contributed by atoms with Gasteiger partial charge in [-0.3, -0.25) is 14.9 Å². The van der Waals surface area contributed by atoms with Gasteiger partial charge in [0.1, 0.15) is 5.75 Å². The number of nitrogens with zero attached hydrogens (tertiary/aromatic N) is 2. The lowest BCUT2D eigenvalue weighted by molar-refractivity contribution is -0.384. The highest BCUT2D eigenvalue weighted by Crippen LogP contribution is 2.23. The average molecular weight is 493 g/mol. The lowest BCUT2D eigenvalue weighted by Gasteiger charge is -2.06. The number of carbonyl (C=O) groups excluding carboxylic acids is 2. The van der Waals surface area contributed by atoms with Crippen LogP contribution < -0.4 is 4.74 Å². The summed E-state index contributed by atoms with van der Waals surface area (Å²) in [7, 11) is 0. The van der Waals surface area contributed by atoms with Gasteiger partial charge in [0.2, 0.25) is 5.90 Å². The van der Waals surface area contributed by atoms with Crippen LogP contribution in [0, 0.1) is 10.1 Å². The topological polar surface area (TPSA) is 108 Å². The van der Waals surface area contributed by atoms with Gasteiger partial charge in [0.05, 0.1) is 10.5 Å². The number of rotatable bonds is 5.